The number of likely N-dealkylation sites (tertiary alicyclic amines) is 1. The summed E-state index contributed by atoms with van der Waals surface area (Å²) in [5.74, 6) is 1.38. The maximum atomic E-state index is 12.0. The molecule has 1 aromatic heterocycles. The standard InChI is InChI=1S/C21H28N4OS.HI/c1-24(2)20(26)15-23-21(22-12-10-19-9-6-14-27-19)25-13-11-18(16-25)17-7-4-3-5-8-17;/h3-9,14,18H,10-13,15-16H2,1-2H3,(H,22,23);1H. The van der Waals surface area contributed by atoms with Crippen LogP contribution in [0.5, 0.6) is 0 Å². The highest BCUT2D eigenvalue weighted by atomic mass is 127. The van der Waals surface area contributed by atoms with Crippen LogP contribution in [0.3, 0.4) is 0 Å². The van der Waals surface area contributed by atoms with Gasteiger partial charge in [0.15, 0.2) is 5.96 Å². The number of amides is 1. The van der Waals surface area contributed by atoms with E-state index in [0.29, 0.717) is 5.92 Å². The Bertz CT molecular complexity index is 749. The van der Waals surface area contributed by atoms with Crippen LogP contribution in [0.15, 0.2) is 52.8 Å². The van der Waals surface area contributed by atoms with Gasteiger partial charge in [-0.15, -0.1) is 35.3 Å². The number of aliphatic imine (C=N–C) groups is 1. The van der Waals surface area contributed by atoms with Gasteiger partial charge < -0.3 is 15.1 Å². The van der Waals surface area contributed by atoms with Crippen molar-refractivity contribution in [3.8, 4) is 0 Å². The van der Waals surface area contributed by atoms with Gasteiger partial charge in [-0.25, -0.2) is 4.99 Å². The number of carbonyl (C=O) groups excluding carboxylic acids is 1. The summed E-state index contributed by atoms with van der Waals surface area (Å²) in [7, 11) is 3.53. The van der Waals surface area contributed by atoms with Gasteiger partial charge in [0.1, 0.15) is 6.54 Å². The molecule has 1 N–H and O–H groups in total. The number of benzene rings is 1. The monoisotopic (exact) mass is 512 g/mol. The Labute approximate surface area is 188 Å². The fourth-order valence-electron chi connectivity index (χ4n) is 3.25. The quantitative estimate of drug-likeness (QED) is 0.367. The summed E-state index contributed by atoms with van der Waals surface area (Å²) in [6.07, 6.45) is 2.07. The number of rotatable bonds is 6. The van der Waals surface area contributed by atoms with Crippen LogP contribution in [0, 0.1) is 0 Å². The lowest BCUT2D eigenvalue weighted by Gasteiger charge is -2.22. The molecule has 2 heterocycles. The summed E-state index contributed by atoms with van der Waals surface area (Å²) >= 11 is 1.77. The van der Waals surface area contributed by atoms with E-state index in [2.05, 4.69) is 63.1 Å². The third kappa shape index (κ3) is 6.48. The first-order valence-electron chi connectivity index (χ1n) is 9.44. The third-order valence-corrected chi connectivity index (χ3v) is 5.79. The van der Waals surface area contributed by atoms with Gasteiger partial charge in [-0.05, 0) is 29.9 Å². The Morgan fingerprint density at radius 2 is 2.04 bits per heavy atom. The molecule has 2 aromatic rings. The van der Waals surface area contributed by atoms with Crippen molar-refractivity contribution in [2.75, 3.05) is 40.3 Å². The summed E-state index contributed by atoms with van der Waals surface area (Å²) in [4.78, 5) is 21.8. The molecule has 0 spiro atoms. The summed E-state index contributed by atoms with van der Waals surface area (Å²) in [6, 6.07) is 14.9. The first kappa shape index (κ1) is 22.7. The summed E-state index contributed by atoms with van der Waals surface area (Å²) in [6.45, 7) is 2.90. The predicted molar refractivity (Wildman–Crippen MR) is 128 cm³/mol. The van der Waals surface area contributed by atoms with Crippen molar-refractivity contribution < 1.29 is 4.79 Å². The van der Waals surface area contributed by atoms with Crippen molar-refractivity contribution in [2.45, 2.75) is 18.8 Å². The van der Waals surface area contributed by atoms with Crippen LogP contribution >= 0.6 is 35.3 Å². The van der Waals surface area contributed by atoms with Crippen LogP contribution in [0.4, 0.5) is 0 Å². The normalized spacial score (nSPS) is 16.6. The Kier molecular flexibility index (Phi) is 9.24. The van der Waals surface area contributed by atoms with Gasteiger partial charge >= 0.3 is 0 Å². The van der Waals surface area contributed by atoms with Crippen LogP contribution in [0.1, 0.15) is 22.8 Å². The topological polar surface area (TPSA) is 47.9 Å². The first-order valence-corrected chi connectivity index (χ1v) is 10.3. The molecule has 152 valence electrons. The summed E-state index contributed by atoms with van der Waals surface area (Å²) in [5.41, 5.74) is 1.38. The van der Waals surface area contributed by atoms with Crippen LogP contribution < -0.4 is 5.32 Å². The summed E-state index contributed by atoms with van der Waals surface area (Å²) in [5, 5.41) is 5.58. The van der Waals surface area contributed by atoms with Gasteiger partial charge in [0, 0.05) is 44.5 Å². The Morgan fingerprint density at radius 1 is 1.25 bits per heavy atom. The lowest BCUT2D eigenvalue weighted by Crippen LogP contribution is -2.41. The maximum Gasteiger partial charge on any atom is 0.243 e. The molecule has 1 aliphatic rings. The zero-order chi connectivity index (χ0) is 19.1. The van der Waals surface area contributed by atoms with Crippen LogP contribution in [0.25, 0.3) is 0 Å². The zero-order valence-corrected chi connectivity index (χ0v) is 19.7. The number of halogens is 1. The van der Waals surface area contributed by atoms with Crippen LogP contribution in [-0.2, 0) is 11.2 Å². The van der Waals surface area contributed by atoms with Crippen LogP contribution in [0.2, 0.25) is 0 Å². The van der Waals surface area contributed by atoms with E-state index in [4.69, 9.17) is 0 Å². The van der Waals surface area contributed by atoms with E-state index in [1.54, 1.807) is 30.3 Å². The number of hydrogen-bond acceptors (Lipinski definition) is 3. The molecule has 28 heavy (non-hydrogen) atoms. The number of guanidine groups is 1. The molecule has 3 rings (SSSR count). The molecule has 1 aliphatic heterocycles. The average molecular weight is 512 g/mol. The maximum absolute atomic E-state index is 12.0. The highest BCUT2D eigenvalue weighted by Gasteiger charge is 2.26. The third-order valence-electron chi connectivity index (χ3n) is 4.86. The number of hydrogen-bond donors (Lipinski definition) is 1. The molecule has 0 aliphatic carbocycles. The molecule has 1 amide bonds. The highest BCUT2D eigenvalue weighted by Crippen LogP contribution is 2.26. The van der Waals surface area contributed by atoms with Crippen LogP contribution in [-0.4, -0.2) is 61.9 Å². The Balaban J connectivity index is 0.00000280. The molecule has 0 radical (unpaired) electrons. The van der Waals surface area contributed by atoms with Gasteiger partial charge in [-0.2, -0.15) is 0 Å². The number of nitrogens with one attached hydrogen (secondary N) is 1. The van der Waals surface area contributed by atoms with Crippen molar-refractivity contribution in [1.82, 2.24) is 15.1 Å². The smallest absolute Gasteiger partial charge is 0.243 e. The van der Waals surface area contributed by atoms with E-state index < -0.39 is 0 Å². The van der Waals surface area contributed by atoms with Crippen molar-refractivity contribution in [2.24, 2.45) is 4.99 Å². The molecule has 1 aromatic carbocycles. The Hall–Kier alpha value is -1.61. The minimum atomic E-state index is 0. The molecule has 1 fully saturated rings. The molecular formula is C21H29IN4OS. The number of carbonyl (C=O) groups is 1. The second kappa shape index (κ2) is 11.4. The molecule has 0 saturated carbocycles. The zero-order valence-electron chi connectivity index (χ0n) is 16.5. The van der Waals surface area contributed by atoms with Gasteiger partial charge in [0.05, 0.1) is 0 Å². The minimum absolute atomic E-state index is 0. The van der Waals surface area contributed by atoms with Crippen molar-refractivity contribution in [3.05, 3.63) is 58.3 Å². The van der Waals surface area contributed by atoms with Crippen molar-refractivity contribution >= 4 is 47.2 Å². The lowest BCUT2D eigenvalue weighted by molar-refractivity contribution is -0.127. The molecular weight excluding hydrogens is 483 g/mol. The average Bonchev–Trinajstić information content (AvgIpc) is 3.37. The van der Waals surface area contributed by atoms with Gasteiger partial charge in [-0.1, -0.05) is 36.4 Å². The fraction of sp³-hybridized carbons (Fsp3) is 0.429. The first-order chi connectivity index (χ1) is 13.1. The second-order valence-electron chi connectivity index (χ2n) is 7.03. The minimum Gasteiger partial charge on any atom is -0.356 e. The van der Waals surface area contributed by atoms with E-state index in [1.165, 1.54) is 10.4 Å². The lowest BCUT2D eigenvalue weighted by atomic mass is 9.99. The second-order valence-corrected chi connectivity index (χ2v) is 8.06. The fourth-order valence-corrected chi connectivity index (χ4v) is 3.96. The highest BCUT2D eigenvalue weighted by molar-refractivity contribution is 14.0. The largest absolute Gasteiger partial charge is 0.356 e. The predicted octanol–water partition coefficient (Wildman–Crippen LogP) is 3.43. The molecule has 1 unspecified atom stereocenters. The van der Waals surface area contributed by atoms with E-state index in [0.717, 1.165) is 38.4 Å². The number of likely N-dealkylation sites (N-methyl/N-ethyl adjacent to an activating group) is 1. The molecule has 1 saturated heterocycles. The van der Waals surface area contributed by atoms with E-state index in [9.17, 15) is 4.79 Å². The van der Waals surface area contributed by atoms with E-state index >= 15 is 0 Å². The van der Waals surface area contributed by atoms with Gasteiger partial charge in [0.25, 0.3) is 0 Å². The van der Waals surface area contributed by atoms with Gasteiger partial charge in [0.2, 0.25) is 5.91 Å². The van der Waals surface area contributed by atoms with E-state index in [1.807, 2.05) is 0 Å². The van der Waals surface area contributed by atoms with Gasteiger partial charge in [-0.3, -0.25) is 4.79 Å². The number of nitrogens with zero attached hydrogens (tertiary/aromatic N) is 3. The SMILES string of the molecule is CN(C)C(=O)CN=C(NCCc1cccs1)N1CCC(c2ccccc2)C1.I. The van der Waals surface area contributed by atoms with Crippen molar-refractivity contribution in [1.29, 1.82) is 0 Å². The van der Waals surface area contributed by atoms with E-state index in [-0.39, 0.29) is 36.4 Å². The number of thiophene rings is 1. The van der Waals surface area contributed by atoms with Crippen molar-refractivity contribution in [3.63, 3.8) is 0 Å². The molecule has 1 atom stereocenters. The molecule has 5 nitrogen and oxygen atoms in total. The molecule has 0 bridgehead atoms. The molecule has 7 heteroatoms. The Morgan fingerprint density at radius 3 is 2.71 bits per heavy atom. The summed E-state index contributed by atoms with van der Waals surface area (Å²) < 4.78 is 0.